The van der Waals surface area contributed by atoms with Crippen molar-refractivity contribution >= 4 is 29.3 Å². The maximum atomic E-state index is 9.29. The lowest BCUT2D eigenvalue weighted by atomic mass is 10.3. The van der Waals surface area contributed by atoms with E-state index in [9.17, 15) is 5.11 Å². The third-order valence-electron chi connectivity index (χ3n) is 1.67. The van der Waals surface area contributed by atoms with Crippen molar-refractivity contribution in [3.63, 3.8) is 0 Å². The number of rotatable bonds is 3. The Morgan fingerprint density at radius 1 is 1.50 bits per heavy atom. The van der Waals surface area contributed by atoms with Crippen molar-refractivity contribution < 1.29 is 5.11 Å². The van der Waals surface area contributed by atoms with Gasteiger partial charge in [0.25, 0.3) is 0 Å². The molecule has 6 heteroatoms. The van der Waals surface area contributed by atoms with Gasteiger partial charge in [0.2, 0.25) is 5.95 Å². The minimum absolute atomic E-state index is 0.0420. The number of hydrogen-bond donors (Lipinski definition) is 2. The van der Waals surface area contributed by atoms with Gasteiger partial charge in [0.1, 0.15) is 10.2 Å². The molecule has 2 atom stereocenters. The van der Waals surface area contributed by atoms with Gasteiger partial charge in [-0.2, -0.15) is 0 Å². The van der Waals surface area contributed by atoms with E-state index in [1.54, 1.807) is 13.0 Å². The summed E-state index contributed by atoms with van der Waals surface area (Å²) in [4.78, 5) is 7.73. The SMILES string of the molecule is CC(O)C(C)Sc1cc(Cl)nc(N)n1. The summed E-state index contributed by atoms with van der Waals surface area (Å²) in [5.41, 5.74) is 5.43. The lowest BCUT2D eigenvalue weighted by molar-refractivity contribution is 0.196. The molecule has 78 valence electrons. The van der Waals surface area contributed by atoms with Gasteiger partial charge in [-0.25, -0.2) is 9.97 Å². The van der Waals surface area contributed by atoms with Crippen LogP contribution in [-0.2, 0) is 0 Å². The molecule has 1 aromatic heterocycles. The van der Waals surface area contributed by atoms with Crippen molar-refractivity contribution in [3.05, 3.63) is 11.2 Å². The number of thioether (sulfide) groups is 1. The van der Waals surface area contributed by atoms with Crippen LogP contribution in [0.3, 0.4) is 0 Å². The molecule has 3 N–H and O–H groups in total. The number of nitrogen functional groups attached to an aromatic ring is 1. The maximum Gasteiger partial charge on any atom is 0.222 e. The standard InChI is InChI=1S/C8H12ClN3OS/c1-4(13)5(2)14-7-3-6(9)11-8(10)12-7/h3-5,13H,1-2H3,(H2,10,11,12). The molecule has 1 heterocycles. The first-order valence-corrected chi connectivity index (χ1v) is 5.39. The van der Waals surface area contributed by atoms with E-state index < -0.39 is 6.10 Å². The number of aromatic nitrogens is 2. The van der Waals surface area contributed by atoms with Crippen LogP contribution in [0.1, 0.15) is 13.8 Å². The monoisotopic (exact) mass is 233 g/mol. The summed E-state index contributed by atoms with van der Waals surface area (Å²) in [7, 11) is 0. The highest BCUT2D eigenvalue weighted by Crippen LogP contribution is 2.25. The highest BCUT2D eigenvalue weighted by molar-refractivity contribution is 7.99. The average Bonchev–Trinajstić information content (AvgIpc) is 2.01. The fraction of sp³-hybridized carbons (Fsp3) is 0.500. The number of hydrogen-bond acceptors (Lipinski definition) is 5. The van der Waals surface area contributed by atoms with Crippen LogP contribution in [-0.4, -0.2) is 26.4 Å². The minimum atomic E-state index is -0.407. The summed E-state index contributed by atoms with van der Waals surface area (Å²) in [5, 5.41) is 10.3. The molecule has 0 radical (unpaired) electrons. The molecule has 0 amide bonds. The predicted octanol–water partition coefficient (Wildman–Crippen LogP) is 1.57. The smallest absolute Gasteiger partial charge is 0.222 e. The number of anilines is 1. The zero-order chi connectivity index (χ0) is 10.7. The summed E-state index contributed by atoms with van der Waals surface area (Å²) in [6.45, 7) is 3.63. The quantitative estimate of drug-likeness (QED) is 0.613. The van der Waals surface area contributed by atoms with Crippen molar-refractivity contribution in [2.24, 2.45) is 0 Å². The third-order valence-corrected chi connectivity index (χ3v) is 3.08. The summed E-state index contributed by atoms with van der Waals surface area (Å²) in [6.07, 6.45) is -0.407. The maximum absolute atomic E-state index is 9.29. The second-order valence-corrected chi connectivity index (χ2v) is 4.74. The number of aliphatic hydroxyl groups is 1. The Hall–Kier alpha value is -0.520. The van der Waals surface area contributed by atoms with Crippen molar-refractivity contribution in [2.45, 2.75) is 30.2 Å². The van der Waals surface area contributed by atoms with E-state index >= 15 is 0 Å². The molecule has 0 saturated carbocycles. The van der Waals surface area contributed by atoms with E-state index in [-0.39, 0.29) is 11.2 Å². The Morgan fingerprint density at radius 3 is 2.64 bits per heavy atom. The zero-order valence-corrected chi connectivity index (χ0v) is 9.51. The zero-order valence-electron chi connectivity index (χ0n) is 7.94. The predicted molar refractivity (Wildman–Crippen MR) is 58.5 cm³/mol. The van der Waals surface area contributed by atoms with Crippen molar-refractivity contribution in [3.8, 4) is 0 Å². The van der Waals surface area contributed by atoms with Gasteiger partial charge in [-0.3, -0.25) is 0 Å². The highest BCUT2D eigenvalue weighted by Gasteiger charge is 2.12. The lowest BCUT2D eigenvalue weighted by Gasteiger charge is -2.13. The molecule has 1 rings (SSSR count). The molecule has 1 aromatic rings. The van der Waals surface area contributed by atoms with E-state index in [2.05, 4.69) is 9.97 Å². The van der Waals surface area contributed by atoms with Crippen molar-refractivity contribution in [2.75, 3.05) is 5.73 Å². The van der Waals surface area contributed by atoms with Gasteiger partial charge in [0.15, 0.2) is 0 Å². The van der Waals surface area contributed by atoms with Gasteiger partial charge in [-0.15, -0.1) is 11.8 Å². The number of nitrogens with two attached hydrogens (primary N) is 1. The molecular formula is C8H12ClN3OS. The third kappa shape index (κ3) is 3.32. The van der Waals surface area contributed by atoms with Crippen LogP contribution in [0, 0.1) is 0 Å². The Bertz CT molecular complexity index is 301. The average molecular weight is 234 g/mol. The first kappa shape index (κ1) is 11.6. The van der Waals surface area contributed by atoms with E-state index in [0.717, 1.165) is 0 Å². The second-order valence-electron chi connectivity index (χ2n) is 2.95. The molecular weight excluding hydrogens is 222 g/mol. The van der Waals surface area contributed by atoms with Crippen LogP contribution < -0.4 is 5.73 Å². The van der Waals surface area contributed by atoms with Gasteiger partial charge < -0.3 is 10.8 Å². The second kappa shape index (κ2) is 4.82. The fourth-order valence-electron chi connectivity index (χ4n) is 0.763. The summed E-state index contributed by atoms with van der Waals surface area (Å²) >= 11 is 7.12. The van der Waals surface area contributed by atoms with E-state index in [0.29, 0.717) is 10.2 Å². The molecule has 0 aliphatic rings. The molecule has 0 aromatic carbocycles. The van der Waals surface area contributed by atoms with Crippen molar-refractivity contribution in [1.29, 1.82) is 0 Å². The minimum Gasteiger partial charge on any atom is -0.392 e. The Morgan fingerprint density at radius 2 is 2.14 bits per heavy atom. The molecule has 0 fully saturated rings. The van der Waals surface area contributed by atoms with Crippen molar-refractivity contribution in [1.82, 2.24) is 9.97 Å². The van der Waals surface area contributed by atoms with Crippen LogP contribution >= 0.6 is 23.4 Å². The normalized spacial score (nSPS) is 15.1. The van der Waals surface area contributed by atoms with Gasteiger partial charge in [-0.05, 0) is 6.92 Å². The van der Waals surface area contributed by atoms with Crippen LogP contribution in [0.25, 0.3) is 0 Å². The molecule has 0 spiro atoms. The van der Waals surface area contributed by atoms with E-state index in [1.165, 1.54) is 11.8 Å². The van der Waals surface area contributed by atoms with Gasteiger partial charge in [0.05, 0.1) is 6.10 Å². The molecule has 4 nitrogen and oxygen atoms in total. The van der Waals surface area contributed by atoms with Gasteiger partial charge >= 0.3 is 0 Å². The van der Waals surface area contributed by atoms with Gasteiger partial charge in [-0.1, -0.05) is 18.5 Å². The molecule has 0 aliphatic carbocycles. The number of halogens is 1. The topological polar surface area (TPSA) is 72.0 Å². The van der Waals surface area contributed by atoms with E-state index in [4.69, 9.17) is 17.3 Å². The molecule has 0 saturated heterocycles. The fourth-order valence-corrected chi connectivity index (χ4v) is 1.92. The van der Waals surface area contributed by atoms with Crippen LogP contribution in [0.5, 0.6) is 0 Å². The van der Waals surface area contributed by atoms with Gasteiger partial charge in [0, 0.05) is 11.3 Å². The molecule has 14 heavy (non-hydrogen) atoms. The summed E-state index contributed by atoms with van der Waals surface area (Å²) in [5.74, 6) is 0.151. The number of aliphatic hydroxyl groups excluding tert-OH is 1. The Labute approximate surface area is 91.9 Å². The summed E-state index contributed by atoms with van der Waals surface area (Å²) < 4.78 is 0. The number of nitrogens with zero attached hydrogens (tertiary/aromatic N) is 2. The summed E-state index contributed by atoms with van der Waals surface area (Å²) in [6, 6.07) is 1.63. The van der Waals surface area contributed by atoms with E-state index in [1.807, 2.05) is 6.92 Å². The first-order chi connectivity index (χ1) is 6.49. The molecule has 0 bridgehead atoms. The molecule has 2 unspecified atom stereocenters. The van der Waals surface area contributed by atoms with Crippen LogP contribution in [0.15, 0.2) is 11.1 Å². The Kier molecular flexibility index (Phi) is 3.97. The first-order valence-electron chi connectivity index (χ1n) is 4.14. The molecule has 0 aliphatic heterocycles. The highest BCUT2D eigenvalue weighted by atomic mass is 35.5. The Balaban J connectivity index is 2.76. The van der Waals surface area contributed by atoms with Crippen LogP contribution in [0.4, 0.5) is 5.95 Å². The van der Waals surface area contributed by atoms with Crippen LogP contribution in [0.2, 0.25) is 5.15 Å². The largest absolute Gasteiger partial charge is 0.392 e. The lowest BCUT2D eigenvalue weighted by Crippen LogP contribution is -2.15.